The van der Waals surface area contributed by atoms with Gasteiger partial charge in [-0.1, -0.05) is 35.3 Å². The summed E-state index contributed by atoms with van der Waals surface area (Å²) in [6.07, 6.45) is 1.69. The third kappa shape index (κ3) is 2.84. The van der Waals surface area contributed by atoms with E-state index in [0.29, 0.717) is 21.3 Å². The third-order valence-electron chi connectivity index (χ3n) is 3.07. The van der Waals surface area contributed by atoms with Gasteiger partial charge in [-0.3, -0.25) is 9.78 Å². The smallest absolute Gasteiger partial charge is 0.256 e. The molecule has 3 nitrogen and oxygen atoms in total. The minimum Gasteiger partial charge on any atom is -0.321 e. The second kappa shape index (κ2) is 5.72. The normalized spacial score (nSPS) is 10.6. The lowest BCUT2D eigenvalue weighted by molar-refractivity contribution is 0.102. The van der Waals surface area contributed by atoms with Crippen LogP contribution in [0, 0.1) is 0 Å². The van der Waals surface area contributed by atoms with Crippen LogP contribution in [0.2, 0.25) is 10.0 Å². The van der Waals surface area contributed by atoms with Crippen molar-refractivity contribution in [3.8, 4) is 0 Å². The zero-order valence-electron chi connectivity index (χ0n) is 10.8. The predicted octanol–water partition coefficient (Wildman–Crippen LogP) is 4.79. The summed E-state index contributed by atoms with van der Waals surface area (Å²) in [5.41, 5.74) is 1.79. The molecule has 0 saturated heterocycles. The number of halogens is 2. The molecule has 104 valence electrons. The van der Waals surface area contributed by atoms with E-state index in [1.54, 1.807) is 42.6 Å². The van der Waals surface area contributed by atoms with Crippen molar-refractivity contribution in [2.75, 3.05) is 5.32 Å². The van der Waals surface area contributed by atoms with Crippen LogP contribution in [-0.2, 0) is 0 Å². The van der Waals surface area contributed by atoms with Crippen molar-refractivity contribution in [2.45, 2.75) is 0 Å². The van der Waals surface area contributed by atoms with Crippen molar-refractivity contribution in [2.24, 2.45) is 0 Å². The maximum Gasteiger partial charge on any atom is 0.256 e. The molecule has 0 radical (unpaired) electrons. The summed E-state index contributed by atoms with van der Waals surface area (Å²) in [4.78, 5) is 16.7. The fraction of sp³-hybridized carbons (Fsp3) is 0. The Bertz CT molecular complexity index is 828. The molecule has 0 fully saturated rings. The maximum atomic E-state index is 12.5. The number of carbonyl (C=O) groups excluding carboxylic acids is 1. The molecule has 3 aromatic rings. The van der Waals surface area contributed by atoms with E-state index in [4.69, 9.17) is 23.2 Å². The zero-order valence-corrected chi connectivity index (χ0v) is 12.3. The molecular weight excluding hydrogens is 307 g/mol. The monoisotopic (exact) mass is 316 g/mol. The largest absolute Gasteiger partial charge is 0.321 e. The summed E-state index contributed by atoms with van der Waals surface area (Å²) in [5, 5.41) is 4.51. The van der Waals surface area contributed by atoms with Crippen LogP contribution in [0.4, 0.5) is 5.69 Å². The molecule has 0 aliphatic rings. The number of fused-ring (bicyclic) bond motifs is 1. The van der Waals surface area contributed by atoms with E-state index in [0.717, 1.165) is 10.9 Å². The Morgan fingerprint density at radius 3 is 2.76 bits per heavy atom. The standard InChI is InChI=1S/C16H10Cl2N2O/c17-10-6-7-13(18)15(9-10)20-16(21)12-3-1-5-14-11(12)4-2-8-19-14/h1-9H,(H,20,21). The Hall–Kier alpha value is -2.10. The van der Waals surface area contributed by atoms with Gasteiger partial charge in [0.15, 0.2) is 0 Å². The van der Waals surface area contributed by atoms with Gasteiger partial charge in [0.25, 0.3) is 5.91 Å². The van der Waals surface area contributed by atoms with Gasteiger partial charge in [-0.25, -0.2) is 0 Å². The van der Waals surface area contributed by atoms with Gasteiger partial charge < -0.3 is 5.32 Å². The third-order valence-corrected chi connectivity index (χ3v) is 3.63. The van der Waals surface area contributed by atoms with Crippen LogP contribution >= 0.6 is 23.2 Å². The molecule has 0 aliphatic carbocycles. The van der Waals surface area contributed by atoms with E-state index in [1.807, 2.05) is 12.1 Å². The molecule has 1 amide bonds. The van der Waals surface area contributed by atoms with E-state index in [2.05, 4.69) is 10.3 Å². The number of anilines is 1. The van der Waals surface area contributed by atoms with Gasteiger partial charge in [0.2, 0.25) is 0 Å². The number of hydrogen-bond acceptors (Lipinski definition) is 2. The number of aromatic nitrogens is 1. The lowest BCUT2D eigenvalue weighted by atomic mass is 10.1. The molecule has 0 aliphatic heterocycles. The summed E-state index contributed by atoms with van der Waals surface area (Å²) in [6, 6.07) is 14.0. The number of nitrogens with one attached hydrogen (secondary N) is 1. The number of carbonyl (C=O) groups is 1. The van der Waals surface area contributed by atoms with Crippen LogP contribution in [0.25, 0.3) is 10.9 Å². The minimum absolute atomic E-state index is 0.252. The van der Waals surface area contributed by atoms with Gasteiger partial charge in [0, 0.05) is 22.2 Å². The van der Waals surface area contributed by atoms with Crippen LogP contribution in [0.1, 0.15) is 10.4 Å². The van der Waals surface area contributed by atoms with Gasteiger partial charge in [-0.05, 0) is 36.4 Å². The van der Waals surface area contributed by atoms with Crippen LogP contribution in [0.3, 0.4) is 0 Å². The molecule has 0 atom stereocenters. The fourth-order valence-corrected chi connectivity index (χ4v) is 2.42. The Morgan fingerprint density at radius 2 is 1.90 bits per heavy atom. The summed E-state index contributed by atoms with van der Waals surface area (Å²) >= 11 is 12.0. The van der Waals surface area contributed by atoms with E-state index in [9.17, 15) is 4.79 Å². The van der Waals surface area contributed by atoms with E-state index < -0.39 is 0 Å². The van der Waals surface area contributed by atoms with Gasteiger partial charge in [0.1, 0.15) is 0 Å². The first-order valence-electron chi connectivity index (χ1n) is 6.25. The SMILES string of the molecule is O=C(Nc1cc(Cl)ccc1Cl)c1cccc2ncccc12. The molecule has 1 N–H and O–H groups in total. The second-order valence-corrected chi connectivity index (χ2v) is 5.30. The first-order chi connectivity index (χ1) is 10.1. The molecule has 0 unspecified atom stereocenters. The maximum absolute atomic E-state index is 12.5. The average molecular weight is 317 g/mol. The molecular formula is C16H10Cl2N2O. The average Bonchev–Trinajstić information content (AvgIpc) is 2.50. The Kier molecular flexibility index (Phi) is 3.78. The molecule has 1 aromatic heterocycles. The topological polar surface area (TPSA) is 42.0 Å². The van der Waals surface area contributed by atoms with Crippen LogP contribution in [0.15, 0.2) is 54.7 Å². The highest BCUT2D eigenvalue weighted by atomic mass is 35.5. The quantitative estimate of drug-likeness (QED) is 0.738. The summed E-state index contributed by atoms with van der Waals surface area (Å²) in [7, 11) is 0. The fourth-order valence-electron chi connectivity index (χ4n) is 2.08. The summed E-state index contributed by atoms with van der Waals surface area (Å²) < 4.78 is 0. The molecule has 0 spiro atoms. The molecule has 2 aromatic carbocycles. The number of nitrogens with zero attached hydrogens (tertiary/aromatic N) is 1. The predicted molar refractivity (Wildman–Crippen MR) is 86.2 cm³/mol. The van der Waals surface area contributed by atoms with Crippen molar-refractivity contribution in [1.82, 2.24) is 4.98 Å². The summed E-state index contributed by atoms with van der Waals surface area (Å²) in [5.74, 6) is -0.252. The second-order valence-electron chi connectivity index (χ2n) is 4.45. The van der Waals surface area contributed by atoms with Crippen LogP contribution in [-0.4, -0.2) is 10.9 Å². The first kappa shape index (κ1) is 13.9. The Labute approximate surface area is 131 Å². The molecule has 0 saturated carbocycles. The van der Waals surface area contributed by atoms with Crippen molar-refractivity contribution in [1.29, 1.82) is 0 Å². The first-order valence-corrected chi connectivity index (χ1v) is 7.01. The van der Waals surface area contributed by atoms with Gasteiger partial charge in [-0.2, -0.15) is 0 Å². The molecule has 0 bridgehead atoms. The van der Waals surface area contributed by atoms with Crippen molar-refractivity contribution in [3.63, 3.8) is 0 Å². The molecule has 5 heteroatoms. The van der Waals surface area contributed by atoms with Gasteiger partial charge >= 0.3 is 0 Å². The van der Waals surface area contributed by atoms with Crippen molar-refractivity contribution < 1.29 is 4.79 Å². The molecule has 3 rings (SSSR count). The summed E-state index contributed by atoms with van der Waals surface area (Å²) in [6.45, 7) is 0. The zero-order chi connectivity index (χ0) is 14.8. The lowest BCUT2D eigenvalue weighted by Crippen LogP contribution is -2.12. The number of rotatable bonds is 2. The van der Waals surface area contributed by atoms with Crippen molar-refractivity contribution >= 4 is 45.7 Å². The highest BCUT2D eigenvalue weighted by Crippen LogP contribution is 2.26. The van der Waals surface area contributed by atoms with Gasteiger partial charge in [-0.15, -0.1) is 0 Å². The Morgan fingerprint density at radius 1 is 1.05 bits per heavy atom. The van der Waals surface area contributed by atoms with E-state index >= 15 is 0 Å². The number of amides is 1. The number of pyridine rings is 1. The number of hydrogen-bond donors (Lipinski definition) is 1. The highest BCUT2D eigenvalue weighted by Gasteiger charge is 2.12. The number of benzene rings is 2. The van der Waals surface area contributed by atoms with Gasteiger partial charge in [0.05, 0.1) is 16.2 Å². The highest BCUT2D eigenvalue weighted by molar-refractivity contribution is 6.36. The minimum atomic E-state index is -0.252. The molecule has 1 heterocycles. The Balaban J connectivity index is 1.99. The van der Waals surface area contributed by atoms with Crippen molar-refractivity contribution in [3.05, 3.63) is 70.3 Å². The molecule has 21 heavy (non-hydrogen) atoms. The van der Waals surface area contributed by atoms with Crippen LogP contribution in [0.5, 0.6) is 0 Å². The van der Waals surface area contributed by atoms with Crippen LogP contribution < -0.4 is 5.32 Å². The lowest BCUT2D eigenvalue weighted by Gasteiger charge is -2.09. The van der Waals surface area contributed by atoms with E-state index in [1.165, 1.54) is 0 Å². The van der Waals surface area contributed by atoms with E-state index in [-0.39, 0.29) is 5.91 Å².